The molecular formula is C28H34O3. The van der Waals surface area contributed by atoms with Crippen LogP contribution in [0.25, 0.3) is 0 Å². The van der Waals surface area contributed by atoms with Gasteiger partial charge in [0.2, 0.25) is 0 Å². The molecule has 0 spiro atoms. The number of para-hydroxylation sites is 1. The molecule has 0 radical (unpaired) electrons. The zero-order valence-corrected chi connectivity index (χ0v) is 19.5. The fourth-order valence-corrected chi connectivity index (χ4v) is 6.26. The third kappa shape index (κ3) is 3.62. The maximum absolute atomic E-state index is 13.2. The lowest BCUT2D eigenvalue weighted by atomic mass is 9.49. The van der Waals surface area contributed by atoms with Crippen molar-refractivity contribution in [3.05, 3.63) is 64.7 Å². The third-order valence-corrected chi connectivity index (χ3v) is 8.12. The molecule has 164 valence electrons. The van der Waals surface area contributed by atoms with Crippen LogP contribution >= 0.6 is 0 Å². The number of carbonyl (C=O) groups is 2. The molecule has 3 unspecified atom stereocenters. The van der Waals surface area contributed by atoms with Crippen molar-refractivity contribution in [3.8, 4) is 5.75 Å². The third-order valence-electron chi connectivity index (χ3n) is 8.12. The molecule has 3 atom stereocenters. The van der Waals surface area contributed by atoms with Gasteiger partial charge in [0.25, 0.3) is 0 Å². The van der Waals surface area contributed by atoms with E-state index in [1.165, 1.54) is 11.1 Å². The van der Waals surface area contributed by atoms with Gasteiger partial charge in [0.05, 0.1) is 5.56 Å². The number of hydrogen-bond acceptors (Lipinski definition) is 3. The van der Waals surface area contributed by atoms with Crippen molar-refractivity contribution >= 4 is 11.8 Å². The summed E-state index contributed by atoms with van der Waals surface area (Å²) < 4.78 is 5.74. The lowest BCUT2D eigenvalue weighted by molar-refractivity contribution is -0.134. The van der Waals surface area contributed by atoms with Crippen LogP contribution in [0.15, 0.2) is 42.5 Å². The van der Waals surface area contributed by atoms with Gasteiger partial charge in [0, 0.05) is 5.41 Å². The number of aryl methyl sites for hydroxylation is 1. The van der Waals surface area contributed by atoms with Crippen molar-refractivity contribution in [2.75, 3.05) is 0 Å². The van der Waals surface area contributed by atoms with Crippen LogP contribution in [0.4, 0.5) is 0 Å². The first-order chi connectivity index (χ1) is 14.7. The lowest BCUT2D eigenvalue weighted by Crippen LogP contribution is -2.52. The smallest absolute Gasteiger partial charge is 0.343 e. The van der Waals surface area contributed by atoms with Gasteiger partial charge in [0.15, 0.2) is 0 Å². The van der Waals surface area contributed by atoms with Crippen molar-refractivity contribution in [1.82, 2.24) is 0 Å². The Morgan fingerprint density at radius 2 is 1.77 bits per heavy atom. The summed E-state index contributed by atoms with van der Waals surface area (Å²) in [7, 11) is 0. The van der Waals surface area contributed by atoms with Gasteiger partial charge in [-0.15, -0.1) is 0 Å². The topological polar surface area (TPSA) is 43.4 Å². The fourth-order valence-electron chi connectivity index (χ4n) is 6.26. The van der Waals surface area contributed by atoms with E-state index in [1.807, 2.05) is 30.3 Å². The molecule has 2 aliphatic rings. The molecule has 2 aromatic carbocycles. The largest absolute Gasteiger partial charge is 0.423 e. The molecule has 0 heterocycles. The number of benzene rings is 2. The number of rotatable bonds is 4. The fraction of sp³-hybridized carbons (Fsp3) is 0.500. The summed E-state index contributed by atoms with van der Waals surface area (Å²) in [6.07, 6.45) is 5.06. The summed E-state index contributed by atoms with van der Waals surface area (Å²) in [4.78, 5) is 25.9. The Balaban J connectivity index is 1.80. The zero-order chi connectivity index (χ0) is 22.4. The minimum absolute atomic E-state index is 0.0937. The average Bonchev–Trinajstić information content (AvgIpc) is 2.73. The van der Waals surface area contributed by atoms with Crippen LogP contribution < -0.4 is 4.74 Å². The second-order valence-electron chi connectivity index (χ2n) is 10.3. The molecule has 2 aromatic rings. The van der Waals surface area contributed by atoms with E-state index in [9.17, 15) is 9.59 Å². The molecule has 4 rings (SSSR count). The Morgan fingerprint density at radius 3 is 2.42 bits per heavy atom. The van der Waals surface area contributed by atoms with Crippen molar-refractivity contribution in [3.63, 3.8) is 0 Å². The molecular weight excluding hydrogens is 384 g/mol. The normalized spacial score (nSPS) is 27.4. The Kier molecular flexibility index (Phi) is 5.57. The Bertz CT molecular complexity index is 1010. The van der Waals surface area contributed by atoms with E-state index in [0.717, 1.165) is 37.7 Å². The van der Waals surface area contributed by atoms with E-state index >= 15 is 0 Å². The molecule has 0 bridgehead atoms. The highest BCUT2D eigenvalue weighted by Crippen LogP contribution is 2.57. The number of fused-ring (bicyclic) bond motifs is 3. The maximum Gasteiger partial charge on any atom is 0.343 e. The highest BCUT2D eigenvalue weighted by molar-refractivity contribution is 5.93. The van der Waals surface area contributed by atoms with Gasteiger partial charge in [-0.3, -0.25) is 4.79 Å². The number of Topliss-reactive ketones (excluding diaryl/α,β-unsaturated/α-hetero) is 1. The molecule has 0 saturated heterocycles. The average molecular weight is 419 g/mol. The first-order valence-electron chi connectivity index (χ1n) is 11.6. The van der Waals surface area contributed by atoms with Crippen molar-refractivity contribution < 1.29 is 14.3 Å². The van der Waals surface area contributed by atoms with E-state index in [4.69, 9.17) is 4.74 Å². The molecule has 31 heavy (non-hydrogen) atoms. The molecule has 1 saturated carbocycles. The Hall–Kier alpha value is -2.42. The highest BCUT2D eigenvalue weighted by Gasteiger charge is 2.53. The van der Waals surface area contributed by atoms with Gasteiger partial charge < -0.3 is 4.74 Å². The van der Waals surface area contributed by atoms with Crippen LogP contribution in [-0.4, -0.2) is 11.8 Å². The summed E-state index contributed by atoms with van der Waals surface area (Å²) >= 11 is 0. The SMILES string of the molecule is CC(=O)C1(C)CCCC2(C)c3cc(C(=O)Oc4ccccc4)c(C(C)C)cc3CCC12. The number of esters is 1. The number of hydrogen-bond donors (Lipinski definition) is 0. The standard InChI is InChI=1S/C28H34O3/c1-18(2)22-16-20-12-13-25-27(4,19(3)29)14-9-15-28(25,5)24(20)17-23(22)26(30)31-21-10-7-6-8-11-21/h6-8,10-11,16-18,25H,9,12-15H2,1-5H3. The van der Waals surface area contributed by atoms with Crippen molar-refractivity contribution in [1.29, 1.82) is 0 Å². The molecule has 0 amide bonds. The van der Waals surface area contributed by atoms with E-state index < -0.39 is 0 Å². The van der Waals surface area contributed by atoms with Crippen LogP contribution in [-0.2, 0) is 16.6 Å². The van der Waals surface area contributed by atoms with Gasteiger partial charge in [-0.2, -0.15) is 0 Å². The minimum Gasteiger partial charge on any atom is -0.423 e. The van der Waals surface area contributed by atoms with Crippen molar-refractivity contribution in [2.45, 2.75) is 78.1 Å². The van der Waals surface area contributed by atoms with Crippen LogP contribution in [0, 0.1) is 11.3 Å². The van der Waals surface area contributed by atoms with E-state index in [2.05, 4.69) is 39.8 Å². The summed E-state index contributed by atoms with van der Waals surface area (Å²) in [5, 5.41) is 0. The number of ketones is 1. The van der Waals surface area contributed by atoms with E-state index in [0.29, 0.717) is 23.0 Å². The molecule has 0 aromatic heterocycles. The van der Waals surface area contributed by atoms with Gasteiger partial charge in [-0.05, 0) is 84.7 Å². The first-order valence-corrected chi connectivity index (χ1v) is 11.6. The predicted octanol–water partition coefficient (Wildman–Crippen LogP) is 6.63. The predicted molar refractivity (Wildman–Crippen MR) is 124 cm³/mol. The van der Waals surface area contributed by atoms with E-state index in [-0.39, 0.29) is 22.7 Å². The molecule has 1 fully saturated rings. The second kappa shape index (κ2) is 7.93. The number of carbonyl (C=O) groups excluding carboxylic acids is 2. The number of ether oxygens (including phenoxy) is 1. The summed E-state index contributed by atoms with van der Waals surface area (Å²) in [6, 6.07) is 13.6. The Labute approximate surface area is 186 Å². The van der Waals surface area contributed by atoms with Crippen LogP contribution in [0.3, 0.4) is 0 Å². The quantitative estimate of drug-likeness (QED) is 0.413. The van der Waals surface area contributed by atoms with Crippen LogP contribution in [0.5, 0.6) is 5.75 Å². The Morgan fingerprint density at radius 1 is 1.06 bits per heavy atom. The van der Waals surface area contributed by atoms with Gasteiger partial charge in [-0.25, -0.2) is 4.79 Å². The monoisotopic (exact) mass is 418 g/mol. The molecule has 2 aliphatic carbocycles. The summed E-state index contributed by atoms with van der Waals surface area (Å²) in [5.41, 5.74) is 3.92. The van der Waals surface area contributed by atoms with Gasteiger partial charge in [0.1, 0.15) is 11.5 Å². The molecule has 0 N–H and O–H groups in total. The summed E-state index contributed by atoms with van der Waals surface area (Å²) in [6.45, 7) is 10.5. The highest BCUT2D eigenvalue weighted by atomic mass is 16.5. The molecule has 0 aliphatic heterocycles. The zero-order valence-electron chi connectivity index (χ0n) is 19.5. The van der Waals surface area contributed by atoms with Crippen molar-refractivity contribution in [2.24, 2.45) is 11.3 Å². The minimum atomic E-state index is -0.298. The molecule has 3 nitrogen and oxygen atoms in total. The van der Waals surface area contributed by atoms with Crippen LogP contribution in [0.1, 0.15) is 93.3 Å². The van der Waals surface area contributed by atoms with Gasteiger partial charge >= 0.3 is 5.97 Å². The molecule has 3 heteroatoms. The lowest BCUT2D eigenvalue weighted by Gasteiger charge is -2.54. The summed E-state index contributed by atoms with van der Waals surface area (Å²) in [5.74, 6) is 1.10. The van der Waals surface area contributed by atoms with Crippen LogP contribution in [0.2, 0.25) is 0 Å². The van der Waals surface area contributed by atoms with Gasteiger partial charge in [-0.1, -0.05) is 58.4 Å². The maximum atomic E-state index is 13.2. The second-order valence-corrected chi connectivity index (χ2v) is 10.3. The van der Waals surface area contributed by atoms with E-state index in [1.54, 1.807) is 6.92 Å². The first kappa shape index (κ1) is 21.8.